The minimum atomic E-state index is -5.55. The van der Waals surface area contributed by atoms with Gasteiger partial charge >= 0.3 is 23.5 Å². The van der Waals surface area contributed by atoms with Crippen LogP contribution in [0.5, 0.6) is 0 Å². The van der Waals surface area contributed by atoms with Crippen molar-refractivity contribution in [2.75, 3.05) is 37.8 Å². The van der Waals surface area contributed by atoms with Gasteiger partial charge in [0.05, 0.1) is 19.5 Å². The van der Waals surface area contributed by atoms with Crippen LogP contribution in [0.2, 0.25) is 0 Å². The molecule has 300 valence electrons. The second-order valence-electron chi connectivity index (χ2n) is 12.1. The van der Waals surface area contributed by atoms with Crippen molar-refractivity contribution in [1.29, 1.82) is 0 Å². The summed E-state index contributed by atoms with van der Waals surface area (Å²) in [5, 5.41) is 26.5. The second kappa shape index (κ2) is 18.3. The number of aromatic nitrogens is 5. The maximum Gasteiger partial charge on any atom is 0.481 e. The van der Waals surface area contributed by atoms with Gasteiger partial charge in [-0.05, 0) is 12.1 Å². The first-order valence-corrected chi connectivity index (χ1v) is 21.1. The number of aliphatic hydroxyl groups is 2. The first-order valence-electron chi connectivity index (χ1n) is 15.6. The zero-order valence-corrected chi connectivity index (χ0v) is 31.9. The number of nitrogens with one attached hydrogen (secondary N) is 2. The Morgan fingerprint density at radius 2 is 1.74 bits per heavy atom. The topological polar surface area (TPSA) is 359 Å². The monoisotopic (exact) mass is 843 g/mol. The van der Waals surface area contributed by atoms with Crippen LogP contribution in [0.25, 0.3) is 11.2 Å². The van der Waals surface area contributed by atoms with E-state index in [1.807, 2.05) is 12.1 Å². The van der Waals surface area contributed by atoms with Crippen LogP contribution >= 0.6 is 35.2 Å². The second-order valence-corrected chi connectivity index (χ2v) is 17.5. The molecule has 1 saturated heterocycles. The van der Waals surface area contributed by atoms with Gasteiger partial charge in [-0.15, -0.1) is 11.8 Å². The summed E-state index contributed by atoms with van der Waals surface area (Å²) in [5.41, 5.74) is 4.30. The number of phosphoric acid groups is 3. The van der Waals surface area contributed by atoms with Crippen molar-refractivity contribution in [3.05, 3.63) is 37.2 Å². The lowest BCUT2D eigenvalue weighted by Gasteiger charge is -2.30. The molecule has 24 nitrogen and oxygen atoms in total. The molecule has 0 saturated carbocycles. The Hall–Kier alpha value is -2.96. The number of hydrogen-bond donors (Lipinski definition) is 9. The number of carbonyl (C=O) groups is 2. The average molecular weight is 844 g/mol. The maximum atomic E-state index is 12.7. The van der Waals surface area contributed by atoms with Crippen LogP contribution in [0, 0.1) is 5.41 Å². The number of thioether (sulfide) groups is 1. The quantitative estimate of drug-likeness (QED) is 0.0396. The number of imidazole rings is 1. The fourth-order valence-corrected chi connectivity index (χ4v) is 8.32. The van der Waals surface area contributed by atoms with Crippen LogP contribution in [-0.2, 0) is 45.9 Å². The van der Waals surface area contributed by atoms with Gasteiger partial charge in [0, 0.05) is 48.0 Å². The lowest BCUT2D eigenvalue weighted by atomic mass is 9.85. The number of ether oxygens (including phenoxy) is 1. The van der Waals surface area contributed by atoms with Gasteiger partial charge in [-0.3, -0.25) is 32.7 Å². The number of nitrogens with two attached hydrogens (primary N) is 1. The van der Waals surface area contributed by atoms with Crippen molar-refractivity contribution in [3.8, 4) is 0 Å². The Bertz CT molecular complexity index is 1910. The highest BCUT2D eigenvalue weighted by molar-refractivity contribution is 7.99. The molecule has 10 N–H and O–H groups in total. The minimum absolute atomic E-state index is 0.0362. The summed E-state index contributed by atoms with van der Waals surface area (Å²) < 4.78 is 62.1. The van der Waals surface area contributed by atoms with Gasteiger partial charge < -0.3 is 50.9 Å². The molecular weight excluding hydrogens is 804 g/mol. The molecule has 4 heterocycles. The predicted molar refractivity (Wildman–Crippen MR) is 185 cm³/mol. The number of nitrogen functional groups attached to an aromatic ring is 1. The summed E-state index contributed by atoms with van der Waals surface area (Å²) >= 11 is 1.51. The predicted octanol–water partition coefficient (Wildman–Crippen LogP) is -0.408. The Kier molecular flexibility index (Phi) is 14.9. The minimum Gasteiger partial charge on any atom is -0.386 e. The number of rotatable bonds is 20. The first kappa shape index (κ1) is 43.8. The summed E-state index contributed by atoms with van der Waals surface area (Å²) in [6.07, 6.45) is -3.48. The zero-order valence-electron chi connectivity index (χ0n) is 28.4. The Morgan fingerprint density at radius 3 is 2.43 bits per heavy atom. The number of carbonyl (C=O) groups excluding carboxylic acids is 2. The third-order valence-electron chi connectivity index (χ3n) is 7.42. The summed E-state index contributed by atoms with van der Waals surface area (Å²) in [4.78, 5) is 80.5. The van der Waals surface area contributed by atoms with Crippen LogP contribution in [0.3, 0.4) is 0 Å². The highest BCUT2D eigenvalue weighted by Gasteiger charge is 2.50. The van der Waals surface area contributed by atoms with E-state index in [0.29, 0.717) is 12.3 Å². The van der Waals surface area contributed by atoms with E-state index in [4.69, 9.17) is 19.5 Å². The number of amides is 2. The molecule has 0 spiro atoms. The molecule has 2 unspecified atom stereocenters. The third kappa shape index (κ3) is 12.5. The van der Waals surface area contributed by atoms with Gasteiger partial charge in [-0.2, -0.15) is 4.31 Å². The average Bonchev–Trinajstić information content (AvgIpc) is 3.65. The van der Waals surface area contributed by atoms with Crippen LogP contribution in [0.1, 0.15) is 26.5 Å². The number of aliphatic hydroxyl groups excluding tert-OH is 2. The van der Waals surface area contributed by atoms with Gasteiger partial charge in [0.1, 0.15) is 36.3 Å². The zero-order chi connectivity index (χ0) is 39.9. The SMILES string of the molecule is CC(C)(COP(=O)(O)OP(=O)(O)OC[C@H]1O[11C@@H](n2cnc3c(N)ncnc32)[C@H](O)[C@@H]1OP(=O)(O)O)[C@@H](O)C(=O)NCCC(=O)NCCSc1ccncc1. The van der Waals surface area contributed by atoms with Crippen LogP contribution in [0.15, 0.2) is 42.1 Å². The Morgan fingerprint density at radius 1 is 1.06 bits per heavy atom. The normalized spacial score (nSPS) is 22.0. The highest BCUT2D eigenvalue weighted by atomic mass is 32.2. The molecular formula is C26H39N8O16P3S. The van der Waals surface area contributed by atoms with Crippen molar-refractivity contribution in [1.82, 2.24) is 35.1 Å². The molecule has 0 radical (unpaired) electrons. The fourth-order valence-electron chi connectivity index (χ4n) is 4.73. The van der Waals surface area contributed by atoms with E-state index in [0.717, 1.165) is 22.1 Å². The van der Waals surface area contributed by atoms with Gasteiger partial charge in [0.25, 0.3) is 0 Å². The van der Waals surface area contributed by atoms with Crippen molar-refractivity contribution in [2.24, 2.45) is 5.41 Å². The standard InChI is InChI=1S/C26H39N8O16P3S/c1-26(2,21(37)24(38)30-8-5-17(35)29-9-10-54-15-3-6-28-7-4-15)12-47-53(44,45)50-52(42,43)46-11-16-20(49-51(39,40)41)19(36)25(48-16)34-14-33-18-22(27)31-13-32-23(18)34/h3-4,6-7,13-14,16,19-21,25,36-37H,5,8-12H2,1-2H3,(H,29,35)(H,30,38)(H,42,43)(H,44,45)(H2,27,31,32)(H2,39,40,41)/t16-,19-,20-,21+,25-/m1/s1/i25-1. The van der Waals surface area contributed by atoms with Crippen LogP contribution in [-0.4, -0.2) is 123 Å². The van der Waals surface area contributed by atoms with Crippen molar-refractivity contribution in [2.45, 2.75) is 55.8 Å². The summed E-state index contributed by atoms with van der Waals surface area (Å²) in [7, 11) is -16.3. The molecule has 0 aliphatic carbocycles. The molecule has 4 rings (SSSR count). The first-order chi connectivity index (χ1) is 25.2. The molecule has 28 heteroatoms. The number of nitrogens with zero attached hydrogens (tertiary/aromatic N) is 5. The van der Waals surface area contributed by atoms with Crippen molar-refractivity contribution in [3.63, 3.8) is 0 Å². The van der Waals surface area contributed by atoms with Crippen LogP contribution < -0.4 is 16.4 Å². The van der Waals surface area contributed by atoms with E-state index in [1.165, 1.54) is 25.6 Å². The van der Waals surface area contributed by atoms with E-state index in [-0.39, 0.29) is 35.9 Å². The molecule has 1 aliphatic heterocycles. The molecule has 54 heavy (non-hydrogen) atoms. The van der Waals surface area contributed by atoms with Gasteiger partial charge in [0.15, 0.2) is 17.7 Å². The molecule has 7 atom stereocenters. The lowest BCUT2D eigenvalue weighted by Crippen LogP contribution is -2.46. The smallest absolute Gasteiger partial charge is 0.386 e. The number of pyridine rings is 1. The number of fused-ring (bicyclic) bond motifs is 1. The molecule has 3 aromatic rings. The molecule has 0 aromatic carbocycles. The van der Waals surface area contributed by atoms with Crippen LogP contribution in [0.4, 0.5) is 5.82 Å². The fraction of sp³-hybridized carbons (Fsp3) is 0.538. The van der Waals surface area contributed by atoms with Crippen molar-refractivity contribution < 1.29 is 75.7 Å². The van der Waals surface area contributed by atoms with Gasteiger partial charge in [-0.1, -0.05) is 13.8 Å². The summed E-state index contributed by atoms with van der Waals surface area (Å²) in [6.45, 7) is 0.765. The van der Waals surface area contributed by atoms with E-state index in [1.54, 1.807) is 12.4 Å². The molecule has 1 aliphatic rings. The number of hydrogen-bond acceptors (Lipinski definition) is 18. The van der Waals surface area contributed by atoms with E-state index >= 15 is 0 Å². The number of phosphoric ester groups is 3. The third-order valence-corrected chi connectivity index (χ3v) is 11.5. The van der Waals surface area contributed by atoms with Gasteiger partial charge in [0.2, 0.25) is 11.8 Å². The molecule has 3 aromatic heterocycles. The largest absolute Gasteiger partial charge is 0.481 e. The lowest BCUT2D eigenvalue weighted by molar-refractivity contribution is -0.137. The van der Waals surface area contributed by atoms with E-state index < -0.39 is 78.6 Å². The van der Waals surface area contributed by atoms with E-state index in [9.17, 15) is 53.1 Å². The van der Waals surface area contributed by atoms with E-state index in [2.05, 4.69) is 39.4 Å². The maximum absolute atomic E-state index is 12.7. The Balaban J connectivity index is 1.25. The summed E-state index contributed by atoms with van der Waals surface area (Å²) in [6, 6.07) is 3.66. The van der Waals surface area contributed by atoms with Crippen molar-refractivity contribution >= 4 is 64.0 Å². The Labute approximate surface area is 310 Å². The molecule has 1 fully saturated rings. The highest BCUT2D eigenvalue weighted by Crippen LogP contribution is 2.61. The number of anilines is 1. The van der Waals surface area contributed by atoms with Gasteiger partial charge in [-0.25, -0.2) is 28.6 Å². The molecule has 2 amide bonds. The summed E-state index contributed by atoms with van der Waals surface area (Å²) in [5.74, 6) is -0.746. The molecule has 0 bridgehead atoms.